The van der Waals surface area contributed by atoms with E-state index in [1.165, 1.54) is 0 Å². The second-order valence-corrected chi connectivity index (χ2v) is 3.64. The van der Waals surface area contributed by atoms with Gasteiger partial charge in [0.1, 0.15) is 0 Å². The Kier molecular flexibility index (Phi) is 3.21. The van der Waals surface area contributed by atoms with Gasteiger partial charge in [-0.25, -0.2) is 4.79 Å². The van der Waals surface area contributed by atoms with Crippen molar-refractivity contribution in [3.8, 4) is 0 Å². The van der Waals surface area contributed by atoms with Crippen LogP contribution < -0.4 is 0 Å². The summed E-state index contributed by atoms with van der Waals surface area (Å²) >= 11 is 0. The molecular formula is C14H12O3. The Morgan fingerprint density at radius 3 is 2.53 bits per heavy atom. The van der Waals surface area contributed by atoms with Crippen molar-refractivity contribution in [2.45, 2.75) is 0 Å². The summed E-state index contributed by atoms with van der Waals surface area (Å²) in [5.74, 6) is -0.932. The van der Waals surface area contributed by atoms with E-state index in [1.807, 2.05) is 18.2 Å². The van der Waals surface area contributed by atoms with Crippen LogP contribution >= 0.6 is 0 Å². The first-order chi connectivity index (χ1) is 8.24. The third-order valence-electron chi connectivity index (χ3n) is 2.59. The average Bonchev–Trinajstić information content (AvgIpc) is 2.35. The number of carboxylic acids is 1. The van der Waals surface area contributed by atoms with Crippen LogP contribution in [0.1, 0.15) is 15.9 Å². The first-order valence-electron chi connectivity index (χ1n) is 5.26. The van der Waals surface area contributed by atoms with Crippen LogP contribution in [0.15, 0.2) is 42.5 Å². The third-order valence-corrected chi connectivity index (χ3v) is 2.59. The fourth-order valence-electron chi connectivity index (χ4n) is 1.85. The molecular weight excluding hydrogens is 216 g/mol. The van der Waals surface area contributed by atoms with Crippen molar-refractivity contribution in [1.29, 1.82) is 0 Å². The molecule has 0 heterocycles. The molecule has 86 valence electrons. The van der Waals surface area contributed by atoms with Gasteiger partial charge in [0.25, 0.3) is 0 Å². The Bertz CT molecular complexity index is 585. The summed E-state index contributed by atoms with van der Waals surface area (Å²) in [5, 5.41) is 19.4. The van der Waals surface area contributed by atoms with Gasteiger partial charge in [0.15, 0.2) is 0 Å². The molecule has 0 aliphatic carbocycles. The summed E-state index contributed by atoms with van der Waals surface area (Å²) in [5.41, 5.74) is 1.20. The molecule has 2 aromatic carbocycles. The maximum atomic E-state index is 11.1. The van der Waals surface area contributed by atoms with Crippen molar-refractivity contribution < 1.29 is 15.0 Å². The van der Waals surface area contributed by atoms with Gasteiger partial charge in [-0.05, 0) is 22.4 Å². The van der Waals surface area contributed by atoms with E-state index in [0.29, 0.717) is 10.9 Å². The van der Waals surface area contributed by atoms with E-state index < -0.39 is 5.97 Å². The Morgan fingerprint density at radius 1 is 1.12 bits per heavy atom. The van der Waals surface area contributed by atoms with Gasteiger partial charge in [-0.15, -0.1) is 0 Å². The predicted octanol–water partition coefficient (Wildman–Crippen LogP) is 2.54. The van der Waals surface area contributed by atoms with Crippen LogP contribution in [-0.4, -0.2) is 22.8 Å². The molecule has 0 fully saturated rings. The molecule has 2 rings (SSSR count). The molecule has 0 spiro atoms. The van der Waals surface area contributed by atoms with Crippen LogP contribution in [0.3, 0.4) is 0 Å². The second-order valence-electron chi connectivity index (χ2n) is 3.64. The van der Waals surface area contributed by atoms with Crippen LogP contribution in [0, 0.1) is 0 Å². The largest absolute Gasteiger partial charge is 0.478 e. The number of aliphatic hydroxyl groups is 1. The number of aliphatic hydroxyl groups excluding tert-OH is 1. The highest BCUT2D eigenvalue weighted by Gasteiger charge is 2.08. The van der Waals surface area contributed by atoms with Gasteiger partial charge in [-0.1, -0.05) is 42.5 Å². The lowest BCUT2D eigenvalue weighted by atomic mass is 10.00. The van der Waals surface area contributed by atoms with Gasteiger partial charge >= 0.3 is 5.97 Å². The van der Waals surface area contributed by atoms with Crippen molar-refractivity contribution >= 4 is 22.8 Å². The Morgan fingerprint density at radius 2 is 1.82 bits per heavy atom. The van der Waals surface area contributed by atoms with Gasteiger partial charge in [-0.3, -0.25) is 0 Å². The summed E-state index contributed by atoms with van der Waals surface area (Å²) in [7, 11) is 0. The lowest BCUT2D eigenvalue weighted by Gasteiger charge is -2.05. The average molecular weight is 228 g/mol. The van der Waals surface area contributed by atoms with Gasteiger partial charge in [0, 0.05) is 0 Å². The van der Waals surface area contributed by atoms with Gasteiger partial charge in [-0.2, -0.15) is 0 Å². The zero-order valence-corrected chi connectivity index (χ0v) is 9.13. The first kappa shape index (κ1) is 11.4. The van der Waals surface area contributed by atoms with Crippen molar-refractivity contribution in [3.63, 3.8) is 0 Å². The number of fused-ring (bicyclic) bond motifs is 1. The normalized spacial score (nSPS) is 11.1. The second kappa shape index (κ2) is 4.80. The SMILES string of the molecule is O=C(O)c1cccc2c(C=CCO)cccc12. The number of benzene rings is 2. The first-order valence-corrected chi connectivity index (χ1v) is 5.26. The van der Waals surface area contributed by atoms with Gasteiger partial charge in [0.2, 0.25) is 0 Å². The molecule has 3 heteroatoms. The van der Waals surface area contributed by atoms with Crippen molar-refractivity contribution in [2.24, 2.45) is 0 Å². The number of carboxylic acid groups (broad SMARTS) is 1. The summed E-state index contributed by atoms with van der Waals surface area (Å²) < 4.78 is 0. The highest BCUT2D eigenvalue weighted by Crippen LogP contribution is 2.23. The van der Waals surface area contributed by atoms with E-state index in [9.17, 15) is 4.79 Å². The molecule has 2 aromatic rings. The minimum Gasteiger partial charge on any atom is -0.478 e. The van der Waals surface area contributed by atoms with Crippen molar-refractivity contribution in [1.82, 2.24) is 0 Å². The summed E-state index contributed by atoms with van der Waals surface area (Å²) in [6.07, 6.45) is 3.41. The van der Waals surface area contributed by atoms with Crippen molar-refractivity contribution in [3.05, 3.63) is 53.6 Å². The molecule has 0 saturated heterocycles. The molecule has 0 unspecified atom stereocenters. The van der Waals surface area contributed by atoms with Crippen LogP contribution in [0.5, 0.6) is 0 Å². The fourth-order valence-corrected chi connectivity index (χ4v) is 1.85. The molecule has 0 atom stereocenters. The number of hydrogen-bond donors (Lipinski definition) is 2. The van der Waals surface area contributed by atoms with Crippen LogP contribution in [0.2, 0.25) is 0 Å². The lowest BCUT2D eigenvalue weighted by Crippen LogP contribution is -1.97. The van der Waals surface area contributed by atoms with E-state index >= 15 is 0 Å². The standard InChI is InChI=1S/C14H12O3/c15-9-3-5-10-4-1-7-12-11(10)6-2-8-13(12)14(16)17/h1-8,15H,9H2,(H,16,17). The zero-order chi connectivity index (χ0) is 12.3. The molecule has 0 aromatic heterocycles. The third kappa shape index (κ3) is 2.19. The molecule has 2 N–H and O–H groups in total. The molecule has 0 aliphatic heterocycles. The van der Waals surface area contributed by atoms with Crippen molar-refractivity contribution in [2.75, 3.05) is 6.61 Å². The van der Waals surface area contributed by atoms with Gasteiger partial charge in [0.05, 0.1) is 12.2 Å². The van der Waals surface area contributed by atoms with Crippen LogP contribution in [-0.2, 0) is 0 Å². The summed E-state index contributed by atoms with van der Waals surface area (Å²) in [6, 6.07) is 10.7. The highest BCUT2D eigenvalue weighted by atomic mass is 16.4. The number of rotatable bonds is 3. The maximum absolute atomic E-state index is 11.1. The fraction of sp³-hybridized carbons (Fsp3) is 0.0714. The number of carbonyl (C=O) groups is 1. The molecule has 0 bridgehead atoms. The monoisotopic (exact) mass is 228 g/mol. The highest BCUT2D eigenvalue weighted by molar-refractivity contribution is 6.05. The topological polar surface area (TPSA) is 57.5 Å². The van der Waals surface area contributed by atoms with E-state index in [2.05, 4.69) is 0 Å². The van der Waals surface area contributed by atoms with Gasteiger partial charge < -0.3 is 10.2 Å². The Labute approximate surface area is 98.6 Å². The Balaban J connectivity index is 2.69. The molecule has 0 saturated carbocycles. The molecule has 0 amide bonds. The summed E-state index contributed by atoms with van der Waals surface area (Å²) in [6.45, 7) is -0.0327. The predicted molar refractivity (Wildman–Crippen MR) is 67.0 cm³/mol. The minimum absolute atomic E-state index is 0.0327. The van der Waals surface area contributed by atoms with E-state index in [1.54, 1.807) is 30.4 Å². The molecule has 3 nitrogen and oxygen atoms in total. The minimum atomic E-state index is -0.932. The van der Waals surface area contributed by atoms with Crippen LogP contribution in [0.4, 0.5) is 0 Å². The van der Waals surface area contributed by atoms with E-state index in [0.717, 1.165) is 10.9 Å². The lowest BCUT2D eigenvalue weighted by molar-refractivity contribution is 0.0699. The molecule has 0 aliphatic rings. The number of aromatic carboxylic acids is 1. The number of hydrogen-bond acceptors (Lipinski definition) is 2. The van der Waals surface area contributed by atoms with E-state index in [-0.39, 0.29) is 6.61 Å². The quantitative estimate of drug-likeness (QED) is 0.848. The zero-order valence-electron chi connectivity index (χ0n) is 9.13. The maximum Gasteiger partial charge on any atom is 0.336 e. The van der Waals surface area contributed by atoms with Crippen LogP contribution in [0.25, 0.3) is 16.8 Å². The molecule has 0 radical (unpaired) electrons. The summed E-state index contributed by atoms with van der Waals surface area (Å²) in [4.78, 5) is 11.1. The molecule has 17 heavy (non-hydrogen) atoms. The smallest absolute Gasteiger partial charge is 0.336 e. The van der Waals surface area contributed by atoms with E-state index in [4.69, 9.17) is 10.2 Å². The Hall–Kier alpha value is -2.13.